The van der Waals surface area contributed by atoms with Crippen molar-refractivity contribution in [2.75, 3.05) is 32.1 Å². The van der Waals surface area contributed by atoms with Crippen LogP contribution in [0.25, 0.3) is 0 Å². The van der Waals surface area contributed by atoms with Crippen LogP contribution in [-0.4, -0.2) is 66.8 Å². The molecule has 33 heavy (non-hydrogen) atoms. The molecule has 2 aliphatic heterocycles. The van der Waals surface area contributed by atoms with Gasteiger partial charge in [-0.2, -0.15) is 0 Å². The van der Waals surface area contributed by atoms with Crippen LogP contribution in [-0.2, 0) is 22.4 Å². The lowest BCUT2D eigenvalue weighted by Gasteiger charge is -2.39. The molecule has 0 saturated carbocycles. The molecule has 1 saturated heterocycles. The fraction of sp³-hybridized carbons (Fsp3) is 0.720. The van der Waals surface area contributed by atoms with Crippen LogP contribution in [0.4, 0.5) is 10.6 Å². The van der Waals surface area contributed by atoms with E-state index in [1.54, 1.807) is 0 Å². The minimum atomic E-state index is -0.594. The number of esters is 1. The maximum atomic E-state index is 12.8. The largest absolute Gasteiger partial charge is 0.467 e. The van der Waals surface area contributed by atoms with Crippen LogP contribution < -0.4 is 16.0 Å². The smallest absolute Gasteiger partial charge is 0.328 e. The fourth-order valence-corrected chi connectivity index (χ4v) is 4.84. The molecule has 0 aromatic carbocycles. The number of piperazine rings is 1. The Morgan fingerprint density at radius 1 is 1.15 bits per heavy atom. The number of amides is 2. The highest BCUT2D eigenvalue weighted by Crippen LogP contribution is 2.20. The van der Waals surface area contributed by atoms with Gasteiger partial charge < -0.3 is 25.6 Å². The van der Waals surface area contributed by atoms with Crippen molar-refractivity contribution in [3.63, 3.8) is 0 Å². The van der Waals surface area contributed by atoms with Gasteiger partial charge in [-0.3, -0.25) is 0 Å². The molecule has 8 nitrogen and oxygen atoms in total. The molecule has 184 valence electrons. The van der Waals surface area contributed by atoms with Crippen LogP contribution in [0.5, 0.6) is 0 Å². The molecular formula is C25H41N5O3. The summed E-state index contributed by atoms with van der Waals surface area (Å²) in [4.78, 5) is 31.7. The molecule has 3 heterocycles. The lowest BCUT2D eigenvalue weighted by Crippen LogP contribution is -2.61. The number of carbonyl (C=O) groups is 2. The van der Waals surface area contributed by atoms with Crippen LogP contribution in [0.15, 0.2) is 12.1 Å². The Bertz CT molecular complexity index is 777. The number of ether oxygens (including phenoxy) is 1. The summed E-state index contributed by atoms with van der Waals surface area (Å²) >= 11 is 0. The molecular weight excluding hydrogens is 418 g/mol. The second-order valence-electron chi connectivity index (χ2n) is 9.44. The number of carbonyl (C=O) groups excluding carboxylic acids is 2. The Hall–Kier alpha value is -2.35. The van der Waals surface area contributed by atoms with Gasteiger partial charge in [-0.1, -0.05) is 31.7 Å². The van der Waals surface area contributed by atoms with Gasteiger partial charge in [-0.05, 0) is 57.6 Å². The van der Waals surface area contributed by atoms with Crippen molar-refractivity contribution in [2.45, 2.75) is 89.8 Å². The minimum absolute atomic E-state index is 0.0902. The third kappa shape index (κ3) is 7.32. The van der Waals surface area contributed by atoms with Gasteiger partial charge in [-0.15, -0.1) is 0 Å². The fourth-order valence-electron chi connectivity index (χ4n) is 4.84. The van der Waals surface area contributed by atoms with Crippen molar-refractivity contribution < 1.29 is 14.3 Å². The summed E-state index contributed by atoms with van der Waals surface area (Å²) in [6.07, 6.45) is 9.17. The average molecular weight is 460 g/mol. The number of rotatable bonds is 10. The molecule has 8 heteroatoms. The normalized spacial score (nSPS) is 21.0. The number of hydrogen-bond donors (Lipinski definition) is 3. The van der Waals surface area contributed by atoms with Gasteiger partial charge in [0.25, 0.3) is 0 Å². The van der Waals surface area contributed by atoms with E-state index in [1.165, 1.54) is 19.1 Å². The highest BCUT2D eigenvalue weighted by atomic mass is 16.5. The average Bonchev–Trinajstić information content (AvgIpc) is 2.82. The number of fused-ring (bicyclic) bond motifs is 1. The molecule has 3 rings (SSSR count). The Labute approximate surface area is 198 Å². The van der Waals surface area contributed by atoms with E-state index < -0.39 is 6.04 Å². The van der Waals surface area contributed by atoms with Gasteiger partial charge in [-0.25, -0.2) is 14.6 Å². The van der Waals surface area contributed by atoms with Crippen molar-refractivity contribution in [1.82, 2.24) is 20.5 Å². The second kappa shape index (κ2) is 12.8. The number of anilines is 1. The molecule has 2 aliphatic rings. The maximum absolute atomic E-state index is 12.8. The second-order valence-corrected chi connectivity index (χ2v) is 9.44. The zero-order chi connectivity index (χ0) is 23.6. The van der Waals surface area contributed by atoms with Gasteiger partial charge in [0.2, 0.25) is 0 Å². The number of aryl methyl sites for hydroxylation is 2. The van der Waals surface area contributed by atoms with Gasteiger partial charge in [0, 0.05) is 37.4 Å². The monoisotopic (exact) mass is 459 g/mol. The molecule has 0 aliphatic carbocycles. The number of aromatic nitrogens is 1. The zero-order valence-electron chi connectivity index (χ0n) is 20.5. The van der Waals surface area contributed by atoms with E-state index in [4.69, 9.17) is 9.72 Å². The molecule has 1 fully saturated rings. The third-order valence-electron chi connectivity index (χ3n) is 6.72. The molecule has 0 radical (unpaired) electrons. The lowest BCUT2D eigenvalue weighted by molar-refractivity contribution is -0.143. The lowest BCUT2D eigenvalue weighted by atomic mass is 10.0. The number of pyridine rings is 1. The standard InChI is InChI=1S/C25H41N5O3/c1-18-16-26-17-19(2)30(18)25(32)29-22(24(31)33-3)12-8-6-4-5-7-11-21-14-13-20-10-9-15-27-23(20)28-21/h13-14,18-19,22,26H,4-12,15-17H2,1-3H3,(H,27,28)(H,29,32)/t18-,19+,22-/m0/s1. The van der Waals surface area contributed by atoms with E-state index >= 15 is 0 Å². The SMILES string of the molecule is COC(=O)[C@H](CCCCCCCc1ccc2c(n1)NCCC2)NC(=O)N1[C@H](C)CNC[C@@H]1C. The van der Waals surface area contributed by atoms with E-state index in [1.807, 2.05) is 18.7 Å². The number of hydrogen-bond acceptors (Lipinski definition) is 6. The summed E-state index contributed by atoms with van der Waals surface area (Å²) in [6.45, 7) is 6.58. The van der Waals surface area contributed by atoms with Crippen molar-refractivity contribution >= 4 is 17.8 Å². The molecule has 0 unspecified atom stereocenters. The summed E-state index contributed by atoms with van der Waals surface area (Å²) in [7, 11) is 1.38. The summed E-state index contributed by atoms with van der Waals surface area (Å²) in [5, 5.41) is 9.64. The molecule has 1 aromatic heterocycles. The molecule has 2 amide bonds. The van der Waals surface area contributed by atoms with E-state index in [0.29, 0.717) is 6.42 Å². The van der Waals surface area contributed by atoms with Crippen LogP contribution in [0.2, 0.25) is 0 Å². The molecule has 3 N–H and O–H groups in total. The van der Waals surface area contributed by atoms with E-state index in [9.17, 15) is 9.59 Å². The number of urea groups is 1. The number of unbranched alkanes of at least 4 members (excludes halogenated alkanes) is 4. The molecule has 0 spiro atoms. The molecule has 1 aromatic rings. The topological polar surface area (TPSA) is 95.6 Å². The third-order valence-corrected chi connectivity index (χ3v) is 6.72. The van der Waals surface area contributed by atoms with Gasteiger partial charge in [0.05, 0.1) is 7.11 Å². The Morgan fingerprint density at radius 3 is 2.64 bits per heavy atom. The Kier molecular flexibility index (Phi) is 9.78. The minimum Gasteiger partial charge on any atom is -0.467 e. The number of nitrogens with one attached hydrogen (secondary N) is 3. The van der Waals surface area contributed by atoms with Crippen LogP contribution in [0.1, 0.15) is 70.1 Å². The summed E-state index contributed by atoms with van der Waals surface area (Å²) in [5.41, 5.74) is 2.49. The predicted molar refractivity (Wildman–Crippen MR) is 130 cm³/mol. The van der Waals surface area contributed by atoms with Crippen LogP contribution in [0, 0.1) is 0 Å². The van der Waals surface area contributed by atoms with Crippen molar-refractivity contribution in [3.8, 4) is 0 Å². The van der Waals surface area contributed by atoms with Gasteiger partial charge >= 0.3 is 12.0 Å². The summed E-state index contributed by atoms with van der Waals surface area (Å²) in [6, 6.07) is 3.78. The Balaban J connectivity index is 1.35. The maximum Gasteiger partial charge on any atom is 0.328 e. The van der Waals surface area contributed by atoms with Crippen molar-refractivity contribution in [2.24, 2.45) is 0 Å². The van der Waals surface area contributed by atoms with Crippen molar-refractivity contribution in [3.05, 3.63) is 23.4 Å². The predicted octanol–water partition coefficient (Wildman–Crippen LogP) is 3.26. The van der Waals surface area contributed by atoms with E-state index in [0.717, 1.165) is 76.1 Å². The highest BCUT2D eigenvalue weighted by Gasteiger charge is 2.31. The van der Waals surface area contributed by atoms with Crippen molar-refractivity contribution in [1.29, 1.82) is 0 Å². The summed E-state index contributed by atoms with van der Waals surface area (Å²) < 4.78 is 4.94. The quantitative estimate of drug-likeness (QED) is 0.367. The van der Waals surface area contributed by atoms with Crippen LogP contribution >= 0.6 is 0 Å². The Morgan fingerprint density at radius 2 is 1.88 bits per heavy atom. The zero-order valence-corrected chi connectivity index (χ0v) is 20.5. The van der Waals surface area contributed by atoms with E-state index in [2.05, 4.69) is 28.1 Å². The van der Waals surface area contributed by atoms with Gasteiger partial charge in [0.15, 0.2) is 0 Å². The first-order valence-corrected chi connectivity index (χ1v) is 12.6. The van der Waals surface area contributed by atoms with Gasteiger partial charge in [0.1, 0.15) is 11.9 Å². The van der Waals surface area contributed by atoms with Crippen LogP contribution in [0.3, 0.4) is 0 Å². The first-order valence-electron chi connectivity index (χ1n) is 12.6. The molecule has 0 bridgehead atoms. The molecule has 3 atom stereocenters. The first-order chi connectivity index (χ1) is 16.0. The number of methoxy groups -OCH3 is 1. The van der Waals surface area contributed by atoms with E-state index in [-0.39, 0.29) is 24.1 Å². The number of nitrogens with zero attached hydrogens (tertiary/aromatic N) is 2. The first kappa shape index (κ1) is 25.3. The summed E-state index contributed by atoms with van der Waals surface area (Å²) in [5.74, 6) is 0.699. The highest BCUT2D eigenvalue weighted by molar-refractivity contribution is 5.83.